The van der Waals surface area contributed by atoms with Crippen LogP contribution in [0.15, 0.2) is 24.3 Å². The van der Waals surface area contributed by atoms with Gasteiger partial charge in [-0.15, -0.1) is 0 Å². The molecule has 0 aromatic heterocycles. The molecule has 0 radical (unpaired) electrons. The second-order valence-electron chi connectivity index (χ2n) is 4.67. The summed E-state index contributed by atoms with van der Waals surface area (Å²) in [6.07, 6.45) is -3.94. The summed E-state index contributed by atoms with van der Waals surface area (Å²) in [5, 5.41) is 8.59. The van der Waals surface area contributed by atoms with Gasteiger partial charge in [-0.05, 0) is 25.5 Å². The van der Waals surface area contributed by atoms with Gasteiger partial charge in [-0.1, -0.05) is 18.2 Å². The fourth-order valence-corrected chi connectivity index (χ4v) is 1.79. The monoisotopic (exact) mass is 270 g/mol. The highest BCUT2D eigenvalue weighted by molar-refractivity contribution is 5.25. The molecule has 0 aliphatic heterocycles. The molecule has 5 heteroatoms. The molecule has 0 aliphatic rings. The fourth-order valence-electron chi connectivity index (χ4n) is 1.79. The largest absolute Gasteiger partial charge is 0.416 e. The highest BCUT2D eigenvalue weighted by Crippen LogP contribution is 2.29. The van der Waals surface area contributed by atoms with Gasteiger partial charge in [0, 0.05) is 25.6 Å². The molecule has 0 saturated heterocycles. The van der Waals surface area contributed by atoms with Gasteiger partial charge in [0.25, 0.3) is 0 Å². The zero-order valence-corrected chi connectivity index (χ0v) is 11.0. The maximum atomic E-state index is 12.6. The van der Waals surface area contributed by atoms with Crippen molar-refractivity contribution >= 4 is 0 Å². The number of nitrogens with zero attached hydrogens (tertiary/aromatic N) is 2. The van der Waals surface area contributed by atoms with Crippen molar-refractivity contribution < 1.29 is 13.2 Å². The maximum Gasteiger partial charge on any atom is 0.416 e. The van der Waals surface area contributed by atoms with Crippen molar-refractivity contribution in [2.75, 3.05) is 6.54 Å². The van der Waals surface area contributed by atoms with Gasteiger partial charge in [0.15, 0.2) is 0 Å². The zero-order chi connectivity index (χ0) is 14.5. The van der Waals surface area contributed by atoms with Crippen LogP contribution in [-0.4, -0.2) is 17.5 Å². The normalized spacial score (nSPS) is 11.9. The number of benzene rings is 1. The van der Waals surface area contributed by atoms with E-state index in [0.717, 1.165) is 6.07 Å². The molecule has 1 aromatic rings. The van der Waals surface area contributed by atoms with Crippen LogP contribution in [0.5, 0.6) is 0 Å². The Hall–Kier alpha value is -1.54. The Labute approximate surface area is 111 Å². The van der Waals surface area contributed by atoms with Crippen LogP contribution in [0.4, 0.5) is 13.2 Å². The summed E-state index contributed by atoms with van der Waals surface area (Å²) in [4.78, 5) is 1.98. The molecule has 0 fully saturated rings. The van der Waals surface area contributed by atoms with Crippen LogP contribution in [0.25, 0.3) is 0 Å². The van der Waals surface area contributed by atoms with Gasteiger partial charge in [-0.2, -0.15) is 18.4 Å². The number of nitriles is 1. The first-order valence-electron chi connectivity index (χ1n) is 6.11. The van der Waals surface area contributed by atoms with E-state index in [0.29, 0.717) is 25.1 Å². The SMILES string of the molecule is CC(C)N(CCC#N)Cc1cccc(C(F)(F)F)c1. The lowest BCUT2D eigenvalue weighted by Crippen LogP contribution is -2.31. The molecule has 0 bridgehead atoms. The van der Waals surface area contributed by atoms with Gasteiger partial charge in [0.1, 0.15) is 0 Å². The molecule has 2 nitrogen and oxygen atoms in total. The highest BCUT2D eigenvalue weighted by Gasteiger charge is 2.30. The second-order valence-corrected chi connectivity index (χ2v) is 4.67. The van der Waals surface area contributed by atoms with E-state index in [1.807, 2.05) is 18.7 Å². The predicted molar refractivity (Wildman–Crippen MR) is 67.2 cm³/mol. The summed E-state index contributed by atoms with van der Waals surface area (Å²) < 4.78 is 37.8. The van der Waals surface area contributed by atoms with Crippen LogP contribution >= 0.6 is 0 Å². The van der Waals surface area contributed by atoms with E-state index in [-0.39, 0.29) is 6.04 Å². The number of alkyl halides is 3. The van der Waals surface area contributed by atoms with Crippen molar-refractivity contribution in [1.82, 2.24) is 4.90 Å². The van der Waals surface area contributed by atoms with Crippen LogP contribution in [-0.2, 0) is 12.7 Å². The lowest BCUT2D eigenvalue weighted by atomic mass is 10.1. The third-order valence-electron chi connectivity index (χ3n) is 2.88. The number of hydrogen-bond donors (Lipinski definition) is 0. The zero-order valence-electron chi connectivity index (χ0n) is 11.0. The van der Waals surface area contributed by atoms with Gasteiger partial charge in [0.2, 0.25) is 0 Å². The number of halogens is 3. The first-order valence-corrected chi connectivity index (χ1v) is 6.11. The minimum atomic E-state index is -4.31. The Morgan fingerprint density at radius 3 is 2.53 bits per heavy atom. The average molecular weight is 270 g/mol. The Morgan fingerprint density at radius 1 is 1.32 bits per heavy atom. The Bertz CT molecular complexity index is 447. The summed E-state index contributed by atoms with van der Waals surface area (Å²) >= 11 is 0. The molecule has 104 valence electrons. The van der Waals surface area contributed by atoms with Crippen molar-refractivity contribution in [3.05, 3.63) is 35.4 Å². The summed E-state index contributed by atoms with van der Waals surface area (Å²) in [7, 11) is 0. The molecule has 0 saturated carbocycles. The lowest BCUT2D eigenvalue weighted by molar-refractivity contribution is -0.137. The van der Waals surface area contributed by atoms with Gasteiger partial charge in [0.05, 0.1) is 11.6 Å². The van der Waals surface area contributed by atoms with Gasteiger partial charge in [-0.3, -0.25) is 4.90 Å². The lowest BCUT2D eigenvalue weighted by Gasteiger charge is -2.25. The molecular formula is C14H17F3N2. The van der Waals surface area contributed by atoms with Crippen molar-refractivity contribution in [3.8, 4) is 6.07 Å². The predicted octanol–water partition coefficient (Wildman–Crippen LogP) is 3.83. The van der Waals surface area contributed by atoms with Crippen LogP contribution in [0.2, 0.25) is 0 Å². The number of hydrogen-bond acceptors (Lipinski definition) is 2. The Kier molecular flexibility index (Phi) is 5.37. The molecule has 0 heterocycles. The van der Waals surface area contributed by atoms with E-state index in [4.69, 9.17) is 5.26 Å². The quantitative estimate of drug-likeness (QED) is 0.813. The van der Waals surface area contributed by atoms with Crippen molar-refractivity contribution in [1.29, 1.82) is 5.26 Å². The molecule has 1 aromatic carbocycles. The average Bonchev–Trinajstić information content (AvgIpc) is 2.33. The van der Waals surface area contributed by atoms with Gasteiger partial charge >= 0.3 is 6.18 Å². The van der Waals surface area contributed by atoms with E-state index in [1.165, 1.54) is 12.1 Å². The van der Waals surface area contributed by atoms with Crippen LogP contribution < -0.4 is 0 Å². The highest BCUT2D eigenvalue weighted by atomic mass is 19.4. The standard InChI is InChI=1S/C14H17F3N2/c1-11(2)19(8-4-7-18)10-12-5-3-6-13(9-12)14(15,16)17/h3,5-6,9,11H,4,8,10H2,1-2H3. The fraction of sp³-hybridized carbons (Fsp3) is 0.500. The molecule has 0 N–H and O–H groups in total. The number of rotatable bonds is 5. The molecule has 0 atom stereocenters. The van der Waals surface area contributed by atoms with E-state index in [1.54, 1.807) is 6.07 Å². The van der Waals surface area contributed by atoms with E-state index in [9.17, 15) is 13.2 Å². The third kappa shape index (κ3) is 4.92. The maximum absolute atomic E-state index is 12.6. The Balaban J connectivity index is 2.83. The second kappa shape index (κ2) is 6.58. The molecule has 0 aliphatic carbocycles. The summed E-state index contributed by atoms with van der Waals surface area (Å²) in [6.45, 7) is 4.91. The molecule has 0 spiro atoms. The molecule has 0 unspecified atom stereocenters. The minimum absolute atomic E-state index is 0.183. The molecule has 0 amide bonds. The van der Waals surface area contributed by atoms with E-state index in [2.05, 4.69) is 6.07 Å². The third-order valence-corrected chi connectivity index (χ3v) is 2.88. The van der Waals surface area contributed by atoms with Gasteiger partial charge in [-0.25, -0.2) is 0 Å². The molecular weight excluding hydrogens is 253 g/mol. The topological polar surface area (TPSA) is 27.0 Å². The summed E-state index contributed by atoms with van der Waals surface area (Å²) in [5.74, 6) is 0. The van der Waals surface area contributed by atoms with Crippen LogP contribution in [0.1, 0.15) is 31.4 Å². The Morgan fingerprint density at radius 2 is 2.00 bits per heavy atom. The van der Waals surface area contributed by atoms with E-state index < -0.39 is 11.7 Å². The van der Waals surface area contributed by atoms with Crippen molar-refractivity contribution in [2.45, 2.75) is 39.0 Å². The summed E-state index contributed by atoms with van der Waals surface area (Å²) in [6, 6.07) is 7.57. The molecule has 19 heavy (non-hydrogen) atoms. The molecule has 1 rings (SSSR count). The first kappa shape index (κ1) is 15.5. The van der Waals surface area contributed by atoms with E-state index >= 15 is 0 Å². The summed E-state index contributed by atoms with van der Waals surface area (Å²) in [5.41, 5.74) is -0.0181. The smallest absolute Gasteiger partial charge is 0.296 e. The van der Waals surface area contributed by atoms with Gasteiger partial charge < -0.3 is 0 Å². The van der Waals surface area contributed by atoms with Crippen LogP contribution in [0, 0.1) is 11.3 Å². The van der Waals surface area contributed by atoms with Crippen molar-refractivity contribution in [3.63, 3.8) is 0 Å². The van der Waals surface area contributed by atoms with Crippen LogP contribution in [0.3, 0.4) is 0 Å². The first-order chi connectivity index (χ1) is 8.84. The minimum Gasteiger partial charge on any atom is -0.296 e. The van der Waals surface area contributed by atoms with Crippen molar-refractivity contribution in [2.24, 2.45) is 0 Å².